The van der Waals surface area contributed by atoms with Crippen molar-refractivity contribution in [2.75, 3.05) is 25.0 Å². The zero-order valence-corrected chi connectivity index (χ0v) is 15.4. The van der Waals surface area contributed by atoms with Crippen molar-refractivity contribution in [2.24, 2.45) is 0 Å². The largest absolute Gasteiger partial charge is 0.315 e. The van der Waals surface area contributed by atoms with Crippen LogP contribution in [0.5, 0.6) is 0 Å². The number of anilines is 1. The average molecular weight is 359 g/mol. The molecule has 0 bridgehead atoms. The van der Waals surface area contributed by atoms with Crippen LogP contribution in [0.15, 0.2) is 41.6 Å². The number of hydrogen-bond acceptors (Lipinski definition) is 4. The van der Waals surface area contributed by atoms with E-state index >= 15 is 0 Å². The lowest BCUT2D eigenvalue weighted by Gasteiger charge is -2.18. The molecule has 1 aliphatic heterocycles. The Morgan fingerprint density at radius 1 is 1.12 bits per heavy atom. The number of pyridine rings is 1. The Morgan fingerprint density at radius 3 is 2.52 bits per heavy atom. The zero-order valence-electron chi connectivity index (χ0n) is 14.6. The molecule has 1 aromatic heterocycles. The maximum atomic E-state index is 12.7. The number of likely N-dealkylation sites (N-methyl/N-ethyl adjacent to an activating group) is 1. The summed E-state index contributed by atoms with van der Waals surface area (Å²) in [6, 6.07) is 7.35. The average Bonchev–Trinajstić information content (AvgIpc) is 2.89. The molecule has 7 heteroatoms. The molecule has 1 amide bonds. The third kappa shape index (κ3) is 3.05. The summed E-state index contributed by atoms with van der Waals surface area (Å²) in [5, 5.41) is 0. The van der Waals surface area contributed by atoms with E-state index < -0.39 is 10.0 Å². The molecule has 0 unspecified atom stereocenters. The minimum Gasteiger partial charge on any atom is -0.315 e. The van der Waals surface area contributed by atoms with E-state index in [4.69, 9.17) is 0 Å². The standard InChI is InChI=1S/C18H21N3O3S/c1-4-21(5-2)25(23,24)16-9-15(11-19-12-16)13-6-7-17-14(8-13)10-18(22)20(17)3/h6-9,11-12H,4-5,10H2,1-3H3. The minimum absolute atomic E-state index is 0.0585. The Labute approximate surface area is 148 Å². The SMILES string of the molecule is CCN(CC)S(=O)(=O)c1cncc(-c2ccc3c(c2)CC(=O)N3C)c1. The predicted molar refractivity (Wildman–Crippen MR) is 96.9 cm³/mol. The van der Waals surface area contributed by atoms with Crippen molar-refractivity contribution >= 4 is 21.6 Å². The fourth-order valence-electron chi connectivity index (χ4n) is 3.08. The molecular formula is C18H21N3O3S. The number of nitrogens with zero attached hydrogens (tertiary/aromatic N) is 3. The van der Waals surface area contributed by atoms with E-state index in [1.165, 1.54) is 10.5 Å². The highest BCUT2D eigenvalue weighted by Gasteiger charge is 2.25. The predicted octanol–water partition coefficient (Wildman–Crippen LogP) is 2.30. The Morgan fingerprint density at radius 2 is 1.84 bits per heavy atom. The molecule has 0 aliphatic carbocycles. The highest BCUT2D eigenvalue weighted by atomic mass is 32.2. The van der Waals surface area contributed by atoms with Crippen molar-refractivity contribution < 1.29 is 13.2 Å². The minimum atomic E-state index is -3.55. The van der Waals surface area contributed by atoms with Gasteiger partial charge in [0.1, 0.15) is 4.90 Å². The van der Waals surface area contributed by atoms with Gasteiger partial charge in [-0.05, 0) is 29.3 Å². The second kappa shape index (κ2) is 6.57. The summed E-state index contributed by atoms with van der Waals surface area (Å²) in [5.41, 5.74) is 3.42. The van der Waals surface area contributed by atoms with Gasteiger partial charge >= 0.3 is 0 Å². The second-order valence-electron chi connectivity index (χ2n) is 5.97. The normalized spacial score (nSPS) is 14.2. The number of hydrogen-bond donors (Lipinski definition) is 0. The van der Waals surface area contributed by atoms with Crippen LogP contribution in [-0.2, 0) is 21.2 Å². The molecular weight excluding hydrogens is 338 g/mol. The van der Waals surface area contributed by atoms with Crippen LogP contribution in [0.2, 0.25) is 0 Å². The highest BCUT2D eigenvalue weighted by molar-refractivity contribution is 7.89. The van der Waals surface area contributed by atoms with Crippen LogP contribution < -0.4 is 4.90 Å². The van der Waals surface area contributed by atoms with E-state index in [1.807, 2.05) is 32.0 Å². The molecule has 0 atom stereocenters. The molecule has 0 saturated carbocycles. The number of benzene rings is 1. The van der Waals surface area contributed by atoms with E-state index in [0.29, 0.717) is 19.5 Å². The van der Waals surface area contributed by atoms with Gasteiger partial charge < -0.3 is 4.90 Å². The third-order valence-electron chi connectivity index (χ3n) is 4.55. The molecule has 3 rings (SSSR count). The Hall–Kier alpha value is -2.25. The first-order valence-corrected chi connectivity index (χ1v) is 9.67. The van der Waals surface area contributed by atoms with Crippen molar-refractivity contribution in [3.63, 3.8) is 0 Å². The molecule has 0 N–H and O–H groups in total. The van der Waals surface area contributed by atoms with E-state index in [9.17, 15) is 13.2 Å². The van der Waals surface area contributed by atoms with Gasteiger partial charge in [-0.15, -0.1) is 0 Å². The number of aromatic nitrogens is 1. The number of carbonyl (C=O) groups excluding carboxylic acids is 1. The third-order valence-corrected chi connectivity index (χ3v) is 6.56. The highest BCUT2D eigenvalue weighted by Crippen LogP contribution is 2.32. The summed E-state index contributed by atoms with van der Waals surface area (Å²) >= 11 is 0. The lowest BCUT2D eigenvalue weighted by atomic mass is 10.0. The molecule has 0 spiro atoms. The van der Waals surface area contributed by atoms with E-state index in [2.05, 4.69) is 4.98 Å². The van der Waals surface area contributed by atoms with Crippen molar-refractivity contribution in [1.82, 2.24) is 9.29 Å². The first-order valence-electron chi connectivity index (χ1n) is 8.23. The molecule has 132 valence electrons. The molecule has 0 fully saturated rings. The van der Waals surface area contributed by atoms with Crippen molar-refractivity contribution in [2.45, 2.75) is 25.2 Å². The molecule has 0 radical (unpaired) electrons. The molecule has 2 aromatic rings. The first-order chi connectivity index (χ1) is 11.9. The van der Waals surface area contributed by atoms with Crippen molar-refractivity contribution in [1.29, 1.82) is 0 Å². The summed E-state index contributed by atoms with van der Waals surface area (Å²) in [6.07, 6.45) is 3.38. The van der Waals surface area contributed by atoms with Gasteiger partial charge in [0.2, 0.25) is 15.9 Å². The van der Waals surface area contributed by atoms with Gasteiger partial charge in [0.25, 0.3) is 0 Å². The fraction of sp³-hybridized carbons (Fsp3) is 0.333. The lowest BCUT2D eigenvalue weighted by molar-refractivity contribution is -0.117. The Balaban J connectivity index is 2.01. The molecule has 1 aromatic carbocycles. The molecule has 2 heterocycles. The van der Waals surface area contributed by atoms with Gasteiger partial charge in [-0.1, -0.05) is 19.9 Å². The smallest absolute Gasteiger partial charge is 0.244 e. The number of amides is 1. The van der Waals surface area contributed by atoms with E-state index in [-0.39, 0.29) is 10.8 Å². The number of rotatable bonds is 5. The zero-order chi connectivity index (χ0) is 18.2. The molecule has 25 heavy (non-hydrogen) atoms. The number of sulfonamides is 1. The summed E-state index contributed by atoms with van der Waals surface area (Å²) in [6.45, 7) is 4.45. The van der Waals surface area contributed by atoms with Crippen LogP contribution in [0, 0.1) is 0 Å². The summed E-state index contributed by atoms with van der Waals surface area (Å²) < 4.78 is 26.8. The van der Waals surface area contributed by atoms with Gasteiger partial charge in [0, 0.05) is 43.8 Å². The van der Waals surface area contributed by atoms with Crippen LogP contribution >= 0.6 is 0 Å². The Bertz CT molecular complexity index is 921. The van der Waals surface area contributed by atoms with Crippen LogP contribution in [-0.4, -0.2) is 43.8 Å². The summed E-state index contributed by atoms with van der Waals surface area (Å²) in [5.74, 6) is 0.0585. The molecule has 6 nitrogen and oxygen atoms in total. The first kappa shape index (κ1) is 17.6. The Kier molecular flexibility index (Phi) is 4.62. The van der Waals surface area contributed by atoms with Gasteiger partial charge in [0.15, 0.2) is 0 Å². The van der Waals surface area contributed by atoms with Gasteiger partial charge in [-0.3, -0.25) is 9.78 Å². The summed E-state index contributed by atoms with van der Waals surface area (Å²) in [4.78, 5) is 17.8. The van der Waals surface area contributed by atoms with Crippen LogP contribution in [0.25, 0.3) is 11.1 Å². The van der Waals surface area contributed by atoms with Gasteiger partial charge in [-0.2, -0.15) is 4.31 Å². The fourth-order valence-corrected chi connectivity index (χ4v) is 4.53. The molecule has 1 aliphatic rings. The maximum absolute atomic E-state index is 12.7. The second-order valence-corrected chi connectivity index (χ2v) is 7.91. The quantitative estimate of drug-likeness (QED) is 0.821. The van der Waals surface area contributed by atoms with Gasteiger partial charge in [0.05, 0.1) is 6.42 Å². The lowest BCUT2D eigenvalue weighted by Crippen LogP contribution is -2.30. The molecule has 0 saturated heterocycles. The van der Waals surface area contributed by atoms with Crippen molar-refractivity contribution in [3.05, 3.63) is 42.2 Å². The van der Waals surface area contributed by atoms with Crippen LogP contribution in [0.1, 0.15) is 19.4 Å². The summed E-state index contributed by atoms with van der Waals surface area (Å²) in [7, 11) is -1.80. The van der Waals surface area contributed by atoms with Crippen LogP contribution in [0.4, 0.5) is 5.69 Å². The van der Waals surface area contributed by atoms with Crippen molar-refractivity contribution in [3.8, 4) is 11.1 Å². The van der Waals surface area contributed by atoms with Crippen LogP contribution in [0.3, 0.4) is 0 Å². The van der Waals surface area contributed by atoms with Gasteiger partial charge in [-0.25, -0.2) is 8.42 Å². The topological polar surface area (TPSA) is 70.6 Å². The van der Waals surface area contributed by atoms with E-state index in [0.717, 1.165) is 22.4 Å². The van der Waals surface area contributed by atoms with E-state index in [1.54, 1.807) is 24.2 Å². The number of carbonyl (C=O) groups is 1. The number of fused-ring (bicyclic) bond motifs is 1. The maximum Gasteiger partial charge on any atom is 0.244 e. The monoisotopic (exact) mass is 359 g/mol.